The molecule has 0 atom stereocenters. The van der Waals surface area contributed by atoms with Crippen molar-refractivity contribution < 1.29 is 19.0 Å². The van der Waals surface area contributed by atoms with Gasteiger partial charge in [0.15, 0.2) is 18.1 Å². The minimum atomic E-state index is -0.417. The highest BCUT2D eigenvalue weighted by Crippen LogP contribution is 2.29. The molecule has 4 nitrogen and oxygen atoms in total. The predicted molar refractivity (Wildman–Crippen MR) is 60.1 cm³/mol. The van der Waals surface area contributed by atoms with Crippen molar-refractivity contribution in [3.05, 3.63) is 23.2 Å². The first-order valence-corrected chi connectivity index (χ1v) is 5.17. The van der Waals surface area contributed by atoms with Crippen molar-refractivity contribution in [2.75, 3.05) is 20.3 Å². The average Bonchev–Trinajstić information content (AvgIpc) is 2.27. The lowest BCUT2D eigenvalue weighted by atomic mass is 10.3. The number of ether oxygens (including phenoxy) is 3. The Hall–Kier alpha value is -1.42. The van der Waals surface area contributed by atoms with E-state index in [0.717, 1.165) is 0 Å². The van der Waals surface area contributed by atoms with Crippen molar-refractivity contribution in [2.45, 2.75) is 6.92 Å². The standard InChI is InChI=1S/C11H13ClO4/c1-3-15-11(13)7-16-9-5-4-8(12)6-10(9)14-2/h4-6H,3,7H2,1-2H3. The van der Waals surface area contributed by atoms with E-state index in [1.54, 1.807) is 25.1 Å². The van der Waals surface area contributed by atoms with E-state index >= 15 is 0 Å². The molecule has 0 N–H and O–H groups in total. The summed E-state index contributed by atoms with van der Waals surface area (Å²) in [6.07, 6.45) is 0. The second kappa shape index (κ2) is 6.23. The summed E-state index contributed by atoms with van der Waals surface area (Å²) in [5.74, 6) is 0.524. The van der Waals surface area contributed by atoms with E-state index in [-0.39, 0.29) is 6.61 Å². The normalized spacial score (nSPS) is 9.69. The molecule has 88 valence electrons. The van der Waals surface area contributed by atoms with Crippen molar-refractivity contribution in [3.63, 3.8) is 0 Å². The lowest BCUT2D eigenvalue weighted by molar-refractivity contribution is -0.145. The van der Waals surface area contributed by atoms with E-state index in [2.05, 4.69) is 0 Å². The van der Waals surface area contributed by atoms with Gasteiger partial charge in [-0.15, -0.1) is 0 Å². The molecule has 0 aliphatic rings. The molecule has 0 unspecified atom stereocenters. The van der Waals surface area contributed by atoms with Gasteiger partial charge in [-0.3, -0.25) is 0 Å². The van der Waals surface area contributed by atoms with Crippen LogP contribution < -0.4 is 9.47 Å². The Balaban J connectivity index is 2.63. The third kappa shape index (κ3) is 3.62. The molecule has 0 saturated carbocycles. The monoisotopic (exact) mass is 244 g/mol. The Kier molecular flexibility index (Phi) is 4.92. The van der Waals surface area contributed by atoms with Crippen molar-refractivity contribution >= 4 is 17.6 Å². The second-order valence-corrected chi connectivity index (χ2v) is 3.33. The Bertz CT molecular complexity index is 365. The van der Waals surface area contributed by atoms with Gasteiger partial charge in [-0.25, -0.2) is 4.79 Å². The SMILES string of the molecule is CCOC(=O)COc1ccc(Cl)cc1OC. The maximum atomic E-state index is 11.1. The molecular weight excluding hydrogens is 232 g/mol. The van der Waals surface area contributed by atoms with E-state index in [1.807, 2.05) is 0 Å². The number of methoxy groups -OCH3 is 1. The zero-order valence-electron chi connectivity index (χ0n) is 9.16. The second-order valence-electron chi connectivity index (χ2n) is 2.89. The fourth-order valence-electron chi connectivity index (χ4n) is 1.10. The van der Waals surface area contributed by atoms with Crippen molar-refractivity contribution in [1.29, 1.82) is 0 Å². The zero-order chi connectivity index (χ0) is 12.0. The van der Waals surface area contributed by atoms with Crippen LogP contribution in [0, 0.1) is 0 Å². The van der Waals surface area contributed by atoms with Crippen molar-refractivity contribution in [2.24, 2.45) is 0 Å². The number of halogens is 1. The highest BCUT2D eigenvalue weighted by molar-refractivity contribution is 6.30. The van der Waals surface area contributed by atoms with Gasteiger partial charge in [0.05, 0.1) is 13.7 Å². The maximum absolute atomic E-state index is 11.1. The summed E-state index contributed by atoms with van der Waals surface area (Å²) < 4.78 is 15.0. The summed E-state index contributed by atoms with van der Waals surface area (Å²) in [6, 6.07) is 4.91. The molecule has 0 spiro atoms. The zero-order valence-corrected chi connectivity index (χ0v) is 9.91. The fraction of sp³-hybridized carbons (Fsp3) is 0.364. The first-order chi connectivity index (χ1) is 7.67. The number of carbonyl (C=O) groups is 1. The molecule has 5 heteroatoms. The van der Waals surface area contributed by atoms with Gasteiger partial charge in [0.2, 0.25) is 0 Å². The first-order valence-electron chi connectivity index (χ1n) is 4.79. The van der Waals surface area contributed by atoms with Gasteiger partial charge in [-0.2, -0.15) is 0 Å². The van der Waals surface area contributed by atoms with Crippen LogP contribution in [0.5, 0.6) is 11.5 Å². The quantitative estimate of drug-likeness (QED) is 0.746. The van der Waals surface area contributed by atoms with Crippen LogP contribution in [0.4, 0.5) is 0 Å². The minimum Gasteiger partial charge on any atom is -0.493 e. The molecule has 0 saturated heterocycles. The molecule has 0 heterocycles. The predicted octanol–water partition coefficient (Wildman–Crippen LogP) is 2.29. The van der Waals surface area contributed by atoms with E-state index in [4.69, 9.17) is 25.8 Å². The van der Waals surface area contributed by atoms with Crippen LogP contribution in [0.3, 0.4) is 0 Å². The minimum absolute atomic E-state index is 0.147. The average molecular weight is 245 g/mol. The fourth-order valence-corrected chi connectivity index (χ4v) is 1.26. The molecule has 0 fully saturated rings. The molecular formula is C11H13ClO4. The number of hydrogen-bond donors (Lipinski definition) is 0. The number of esters is 1. The molecule has 1 rings (SSSR count). The number of rotatable bonds is 5. The van der Waals surface area contributed by atoms with E-state index in [9.17, 15) is 4.79 Å². The Morgan fingerprint density at radius 3 is 2.75 bits per heavy atom. The van der Waals surface area contributed by atoms with Gasteiger partial charge >= 0.3 is 5.97 Å². The van der Waals surface area contributed by atoms with Crippen LogP contribution in [0.2, 0.25) is 5.02 Å². The van der Waals surface area contributed by atoms with Crippen LogP contribution in [0.1, 0.15) is 6.92 Å². The summed E-state index contributed by atoms with van der Waals surface area (Å²) in [5, 5.41) is 0.542. The topological polar surface area (TPSA) is 44.8 Å². The molecule has 0 amide bonds. The maximum Gasteiger partial charge on any atom is 0.344 e. The molecule has 1 aromatic rings. The largest absolute Gasteiger partial charge is 0.493 e. The van der Waals surface area contributed by atoms with Crippen LogP contribution in [-0.2, 0) is 9.53 Å². The molecule has 0 radical (unpaired) electrons. The van der Waals surface area contributed by atoms with Gasteiger partial charge in [0, 0.05) is 11.1 Å². The Morgan fingerprint density at radius 2 is 2.12 bits per heavy atom. The Morgan fingerprint density at radius 1 is 1.38 bits per heavy atom. The summed E-state index contributed by atoms with van der Waals surface area (Å²) in [7, 11) is 1.50. The molecule has 0 bridgehead atoms. The summed E-state index contributed by atoms with van der Waals surface area (Å²) in [5.41, 5.74) is 0. The first kappa shape index (κ1) is 12.6. The van der Waals surface area contributed by atoms with E-state index in [1.165, 1.54) is 7.11 Å². The van der Waals surface area contributed by atoms with Crippen LogP contribution in [0.25, 0.3) is 0 Å². The molecule has 1 aromatic carbocycles. The highest BCUT2D eigenvalue weighted by Gasteiger charge is 2.08. The smallest absolute Gasteiger partial charge is 0.344 e. The number of hydrogen-bond acceptors (Lipinski definition) is 4. The third-order valence-corrected chi connectivity index (χ3v) is 2.01. The summed E-state index contributed by atoms with van der Waals surface area (Å²) >= 11 is 5.78. The number of carbonyl (C=O) groups excluding carboxylic acids is 1. The van der Waals surface area contributed by atoms with Crippen molar-refractivity contribution in [1.82, 2.24) is 0 Å². The van der Waals surface area contributed by atoms with Gasteiger partial charge in [0.25, 0.3) is 0 Å². The molecule has 16 heavy (non-hydrogen) atoms. The van der Waals surface area contributed by atoms with E-state index in [0.29, 0.717) is 23.1 Å². The van der Waals surface area contributed by atoms with Crippen LogP contribution in [-0.4, -0.2) is 26.3 Å². The van der Waals surface area contributed by atoms with Gasteiger partial charge in [-0.05, 0) is 19.1 Å². The van der Waals surface area contributed by atoms with Crippen LogP contribution >= 0.6 is 11.6 Å². The third-order valence-electron chi connectivity index (χ3n) is 1.78. The van der Waals surface area contributed by atoms with Gasteiger partial charge in [0.1, 0.15) is 0 Å². The highest BCUT2D eigenvalue weighted by atomic mass is 35.5. The Labute approximate surface area is 99.1 Å². The van der Waals surface area contributed by atoms with Crippen molar-refractivity contribution in [3.8, 4) is 11.5 Å². The van der Waals surface area contributed by atoms with E-state index < -0.39 is 5.97 Å². The lowest BCUT2D eigenvalue weighted by Crippen LogP contribution is -2.14. The lowest BCUT2D eigenvalue weighted by Gasteiger charge is -2.10. The van der Waals surface area contributed by atoms with Gasteiger partial charge in [-0.1, -0.05) is 11.6 Å². The number of benzene rings is 1. The molecule has 0 aliphatic carbocycles. The summed E-state index contributed by atoms with van der Waals surface area (Å²) in [4.78, 5) is 11.1. The van der Waals surface area contributed by atoms with Crippen LogP contribution in [0.15, 0.2) is 18.2 Å². The molecule has 0 aliphatic heterocycles. The molecule has 0 aromatic heterocycles. The summed E-state index contributed by atoms with van der Waals surface area (Å²) in [6.45, 7) is 1.92. The van der Waals surface area contributed by atoms with Gasteiger partial charge < -0.3 is 14.2 Å².